The van der Waals surface area contributed by atoms with Crippen molar-refractivity contribution in [3.05, 3.63) is 24.5 Å². The molecule has 54 valence electrons. The van der Waals surface area contributed by atoms with Gasteiger partial charge in [0.1, 0.15) is 6.29 Å². The molecule has 0 radical (unpaired) electrons. The minimum absolute atomic E-state index is 0.665. The van der Waals surface area contributed by atoms with E-state index in [1.165, 1.54) is 0 Å². The number of rotatable bonds is 4. The molecular formula is C8H11NO. The van der Waals surface area contributed by atoms with Crippen molar-refractivity contribution in [1.29, 1.82) is 0 Å². The maximum absolute atomic E-state index is 9.92. The van der Waals surface area contributed by atoms with Crippen LogP contribution < -0.4 is 0 Å². The number of aldehydes is 1. The second-order valence-electron chi connectivity index (χ2n) is 2.23. The molecule has 0 aromatic carbocycles. The van der Waals surface area contributed by atoms with Gasteiger partial charge in [-0.25, -0.2) is 0 Å². The fourth-order valence-electron chi connectivity index (χ4n) is 0.876. The maximum Gasteiger partial charge on any atom is 0.120 e. The molecule has 0 bridgehead atoms. The number of aryl methyl sites for hydroxylation is 1. The van der Waals surface area contributed by atoms with Crippen LogP contribution in [0.25, 0.3) is 0 Å². The van der Waals surface area contributed by atoms with Gasteiger partial charge in [-0.3, -0.25) is 0 Å². The fourth-order valence-corrected chi connectivity index (χ4v) is 0.876. The van der Waals surface area contributed by atoms with Gasteiger partial charge in [0.25, 0.3) is 0 Å². The molecule has 2 nitrogen and oxygen atoms in total. The lowest BCUT2D eigenvalue weighted by molar-refractivity contribution is -0.107. The molecule has 0 aliphatic heterocycles. The lowest BCUT2D eigenvalue weighted by Crippen LogP contribution is -1.93. The van der Waals surface area contributed by atoms with Crippen LogP contribution in [-0.4, -0.2) is 10.9 Å². The number of carbonyl (C=O) groups excluding carboxylic acids is 1. The molecule has 0 saturated heterocycles. The van der Waals surface area contributed by atoms with Crippen molar-refractivity contribution in [2.45, 2.75) is 19.4 Å². The third kappa shape index (κ3) is 2.05. The lowest BCUT2D eigenvalue weighted by Gasteiger charge is -1.97. The van der Waals surface area contributed by atoms with Gasteiger partial charge in [0.2, 0.25) is 0 Å². The van der Waals surface area contributed by atoms with E-state index in [2.05, 4.69) is 4.57 Å². The summed E-state index contributed by atoms with van der Waals surface area (Å²) in [6.07, 6.45) is 6.58. The third-order valence-corrected chi connectivity index (χ3v) is 1.40. The molecule has 0 atom stereocenters. The second kappa shape index (κ2) is 3.88. The third-order valence-electron chi connectivity index (χ3n) is 1.40. The van der Waals surface area contributed by atoms with E-state index in [-0.39, 0.29) is 0 Å². The summed E-state index contributed by atoms with van der Waals surface area (Å²) in [5.41, 5.74) is 0. The van der Waals surface area contributed by atoms with Gasteiger partial charge in [0, 0.05) is 25.4 Å². The van der Waals surface area contributed by atoms with Crippen molar-refractivity contribution in [2.75, 3.05) is 0 Å². The summed E-state index contributed by atoms with van der Waals surface area (Å²) in [7, 11) is 0. The first-order valence-corrected chi connectivity index (χ1v) is 3.48. The Labute approximate surface area is 60.5 Å². The SMILES string of the molecule is O=CCCCn1cccc1. The summed E-state index contributed by atoms with van der Waals surface area (Å²) < 4.78 is 2.07. The highest BCUT2D eigenvalue weighted by molar-refractivity contribution is 5.48. The van der Waals surface area contributed by atoms with E-state index in [1.54, 1.807) is 0 Å². The Morgan fingerprint density at radius 3 is 2.60 bits per heavy atom. The molecule has 0 N–H and O–H groups in total. The van der Waals surface area contributed by atoms with Gasteiger partial charge in [-0.05, 0) is 18.6 Å². The zero-order chi connectivity index (χ0) is 7.23. The van der Waals surface area contributed by atoms with Crippen molar-refractivity contribution >= 4 is 6.29 Å². The van der Waals surface area contributed by atoms with Crippen molar-refractivity contribution in [3.8, 4) is 0 Å². The number of hydrogen-bond acceptors (Lipinski definition) is 1. The van der Waals surface area contributed by atoms with Crippen LogP contribution in [0.3, 0.4) is 0 Å². The van der Waals surface area contributed by atoms with Gasteiger partial charge in [-0.15, -0.1) is 0 Å². The molecular weight excluding hydrogens is 126 g/mol. The van der Waals surface area contributed by atoms with Crippen LogP contribution in [0.2, 0.25) is 0 Å². The minimum atomic E-state index is 0.665. The smallest absolute Gasteiger partial charge is 0.120 e. The average Bonchev–Trinajstić information content (AvgIpc) is 2.41. The quantitative estimate of drug-likeness (QED) is 0.455. The van der Waals surface area contributed by atoms with E-state index >= 15 is 0 Å². The number of hydrogen-bond donors (Lipinski definition) is 0. The first-order valence-electron chi connectivity index (χ1n) is 3.48. The Morgan fingerprint density at radius 1 is 1.30 bits per heavy atom. The number of unbranched alkanes of at least 4 members (excludes halogenated alkanes) is 1. The largest absolute Gasteiger partial charge is 0.354 e. The first-order chi connectivity index (χ1) is 4.93. The highest BCUT2D eigenvalue weighted by Gasteiger charge is 1.86. The summed E-state index contributed by atoms with van der Waals surface area (Å²) >= 11 is 0. The monoisotopic (exact) mass is 137 g/mol. The van der Waals surface area contributed by atoms with Crippen molar-refractivity contribution in [1.82, 2.24) is 4.57 Å². The molecule has 0 fully saturated rings. The number of nitrogens with zero attached hydrogens (tertiary/aromatic N) is 1. The van der Waals surface area contributed by atoms with Crippen LogP contribution in [-0.2, 0) is 11.3 Å². The van der Waals surface area contributed by atoms with E-state index in [9.17, 15) is 4.79 Å². The van der Waals surface area contributed by atoms with E-state index in [4.69, 9.17) is 0 Å². The van der Waals surface area contributed by atoms with Gasteiger partial charge in [-0.1, -0.05) is 0 Å². The highest BCUT2D eigenvalue weighted by atomic mass is 16.1. The van der Waals surface area contributed by atoms with Gasteiger partial charge in [-0.2, -0.15) is 0 Å². The Balaban J connectivity index is 2.21. The fraction of sp³-hybridized carbons (Fsp3) is 0.375. The molecule has 2 heteroatoms. The predicted octanol–water partition coefficient (Wildman–Crippen LogP) is 1.47. The topological polar surface area (TPSA) is 22.0 Å². The van der Waals surface area contributed by atoms with Gasteiger partial charge < -0.3 is 9.36 Å². The maximum atomic E-state index is 9.92. The second-order valence-corrected chi connectivity index (χ2v) is 2.23. The summed E-state index contributed by atoms with van der Waals surface area (Å²) in [6, 6.07) is 3.97. The first kappa shape index (κ1) is 7.06. The van der Waals surface area contributed by atoms with E-state index in [0.29, 0.717) is 6.42 Å². The number of aromatic nitrogens is 1. The van der Waals surface area contributed by atoms with Crippen molar-refractivity contribution in [3.63, 3.8) is 0 Å². The molecule has 1 heterocycles. The zero-order valence-corrected chi connectivity index (χ0v) is 5.86. The van der Waals surface area contributed by atoms with Crippen LogP contribution >= 0.6 is 0 Å². The van der Waals surface area contributed by atoms with E-state index in [0.717, 1.165) is 19.3 Å². The molecule has 1 aromatic rings. The van der Waals surface area contributed by atoms with Gasteiger partial charge in [0.15, 0.2) is 0 Å². The molecule has 1 rings (SSSR count). The Morgan fingerprint density at radius 2 is 2.00 bits per heavy atom. The molecule has 0 spiro atoms. The zero-order valence-electron chi connectivity index (χ0n) is 5.86. The molecule has 10 heavy (non-hydrogen) atoms. The summed E-state index contributed by atoms with van der Waals surface area (Å²) in [4.78, 5) is 9.92. The molecule has 0 aliphatic rings. The summed E-state index contributed by atoms with van der Waals surface area (Å²) in [5, 5.41) is 0. The van der Waals surface area contributed by atoms with Gasteiger partial charge >= 0.3 is 0 Å². The standard InChI is InChI=1S/C8H11NO/c10-8-4-3-7-9-5-1-2-6-9/h1-2,5-6,8H,3-4,7H2. The minimum Gasteiger partial charge on any atom is -0.354 e. The average molecular weight is 137 g/mol. The van der Waals surface area contributed by atoms with Crippen LogP contribution in [0.5, 0.6) is 0 Å². The predicted molar refractivity (Wildman–Crippen MR) is 39.7 cm³/mol. The summed E-state index contributed by atoms with van der Waals surface area (Å²) in [6.45, 7) is 0.950. The normalized spacial score (nSPS) is 9.60. The molecule has 0 unspecified atom stereocenters. The van der Waals surface area contributed by atoms with Crippen LogP contribution in [0.15, 0.2) is 24.5 Å². The lowest BCUT2D eigenvalue weighted by atomic mass is 10.3. The molecule has 0 aliphatic carbocycles. The Kier molecular flexibility index (Phi) is 2.74. The Bertz CT molecular complexity index is 179. The van der Waals surface area contributed by atoms with Crippen molar-refractivity contribution < 1.29 is 4.79 Å². The van der Waals surface area contributed by atoms with Crippen molar-refractivity contribution in [2.24, 2.45) is 0 Å². The van der Waals surface area contributed by atoms with Gasteiger partial charge in [0.05, 0.1) is 0 Å². The molecule has 1 aromatic heterocycles. The number of carbonyl (C=O) groups is 1. The van der Waals surface area contributed by atoms with E-state index < -0.39 is 0 Å². The van der Waals surface area contributed by atoms with Crippen LogP contribution in [0.4, 0.5) is 0 Å². The Hall–Kier alpha value is -1.05. The highest BCUT2D eigenvalue weighted by Crippen LogP contribution is 1.94. The van der Waals surface area contributed by atoms with Crippen LogP contribution in [0.1, 0.15) is 12.8 Å². The van der Waals surface area contributed by atoms with E-state index in [1.807, 2.05) is 24.5 Å². The molecule has 0 saturated carbocycles. The molecule has 0 amide bonds. The van der Waals surface area contributed by atoms with Crippen LogP contribution in [0, 0.1) is 0 Å². The summed E-state index contributed by atoms with van der Waals surface area (Å²) in [5.74, 6) is 0.